The second-order valence-corrected chi connectivity index (χ2v) is 5.33. The van der Waals surface area contributed by atoms with Crippen molar-refractivity contribution < 1.29 is 13.2 Å². The molecule has 0 aromatic carbocycles. The quantitative estimate of drug-likeness (QED) is 0.805. The van der Waals surface area contributed by atoms with E-state index in [1.807, 2.05) is 6.92 Å². The van der Waals surface area contributed by atoms with E-state index in [-0.39, 0.29) is 6.54 Å². The van der Waals surface area contributed by atoms with Crippen molar-refractivity contribution >= 4 is 22.8 Å². The van der Waals surface area contributed by atoms with Gasteiger partial charge in [-0.3, -0.25) is 0 Å². The normalized spacial score (nSPS) is 14.2. The number of rotatable bonds is 4. The fourth-order valence-electron chi connectivity index (χ4n) is 2.22. The number of halogens is 4. The van der Waals surface area contributed by atoms with Gasteiger partial charge in [-0.2, -0.15) is 18.3 Å². The molecule has 0 radical (unpaired) electrons. The number of hydrogen-bond donors (Lipinski definition) is 0. The van der Waals surface area contributed by atoms with Gasteiger partial charge in [-0.25, -0.2) is 9.67 Å². The summed E-state index contributed by atoms with van der Waals surface area (Å²) in [5.74, 6) is 0.452. The van der Waals surface area contributed by atoms with E-state index >= 15 is 0 Å². The molecule has 112 valence electrons. The van der Waals surface area contributed by atoms with Crippen LogP contribution in [-0.2, 0) is 13.1 Å². The third kappa shape index (κ3) is 2.77. The lowest BCUT2D eigenvalue weighted by molar-refractivity contribution is -0.136. The second-order valence-electron chi connectivity index (χ2n) is 4.68. The first-order valence-corrected chi connectivity index (χ1v) is 6.82. The summed E-state index contributed by atoms with van der Waals surface area (Å²) in [4.78, 5) is 4.36. The van der Waals surface area contributed by atoms with E-state index in [0.717, 1.165) is 0 Å². The van der Waals surface area contributed by atoms with Crippen molar-refractivity contribution in [1.29, 1.82) is 0 Å². The minimum Gasteiger partial charge on any atom is -0.311 e. The fraction of sp³-hybridized carbons (Fsp3) is 0.667. The number of nitrogens with zero attached hydrogens (tertiary/aromatic N) is 4. The van der Waals surface area contributed by atoms with Crippen molar-refractivity contribution in [3.63, 3.8) is 0 Å². The Balaban J connectivity index is 2.55. The highest BCUT2D eigenvalue weighted by Gasteiger charge is 2.29. The lowest BCUT2D eigenvalue weighted by atomic mass is 10.3. The first kappa shape index (κ1) is 15.2. The molecule has 4 nitrogen and oxygen atoms in total. The van der Waals surface area contributed by atoms with Crippen molar-refractivity contribution in [2.45, 2.75) is 51.8 Å². The van der Waals surface area contributed by atoms with E-state index in [1.165, 1.54) is 4.57 Å². The molecule has 1 atom stereocenters. The largest absolute Gasteiger partial charge is 0.390 e. The maximum Gasteiger partial charge on any atom is 0.390 e. The summed E-state index contributed by atoms with van der Waals surface area (Å²) in [6.45, 7) is 5.75. The van der Waals surface area contributed by atoms with Crippen LogP contribution in [0.15, 0.2) is 0 Å². The molecule has 8 heteroatoms. The summed E-state index contributed by atoms with van der Waals surface area (Å²) in [6.07, 6.45) is -5.13. The Labute approximate surface area is 119 Å². The highest BCUT2D eigenvalue weighted by molar-refractivity contribution is 6.20. The minimum absolute atomic E-state index is 0.197. The number of imidazole rings is 1. The Morgan fingerprint density at radius 3 is 2.50 bits per heavy atom. The maximum absolute atomic E-state index is 12.5. The number of alkyl halides is 4. The molecule has 2 rings (SSSR count). The topological polar surface area (TPSA) is 35.6 Å². The van der Waals surface area contributed by atoms with Crippen LogP contribution in [0.5, 0.6) is 0 Å². The highest BCUT2D eigenvalue weighted by Crippen LogP contribution is 2.29. The maximum atomic E-state index is 12.5. The average Bonchev–Trinajstić information content (AvgIpc) is 2.84. The third-order valence-electron chi connectivity index (χ3n) is 3.10. The number of fused-ring (bicyclic) bond motifs is 1. The molecule has 1 unspecified atom stereocenters. The SMILES string of the molecule is CCn1nc(C)c2nc(C(C)Cl)n(CCC(F)(F)F)c21. The molecule has 0 spiro atoms. The predicted molar refractivity (Wildman–Crippen MR) is 70.9 cm³/mol. The standard InChI is InChI=1S/C12H16ClF3N4/c1-4-20-11-9(8(3)18-20)17-10(7(2)13)19(11)6-5-12(14,15)16/h7H,4-6H2,1-3H3. The molecule has 0 amide bonds. The zero-order valence-corrected chi connectivity index (χ0v) is 12.3. The van der Waals surface area contributed by atoms with Gasteiger partial charge in [-0.15, -0.1) is 11.6 Å². The van der Waals surface area contributed by atoms with Crippen LogP contribution in [0.4, 0.5) is 13.2 Å². The van der Waals surface area contributed by atoms with E-state index in [9.17, 15) is 13.2 Å². The predicted octanol–water partition coefficient (Wildman–Crippen LogP) is 3.81. The van der Waals surface area contributed by atoms with Gasteiger partial charge in [0.1, 0.15) is 11.3 Å². The van der Waals surface area contributed by atoms with Gasteiger partial charge in [0, 0.05) is 13.1 Å². The zero-order valence-electron chi connectivity index (χ0n) is 11.5. The Morgan fingerprint density at radius 1 is 1.35 bits per heavy atom. The lowest BCUT2D eigenvalue weighted by Gasteiger charge is -2.13. The van der Waals surface area contributed by atoms with E-state index in [0.29, 0.717) is 29.2 Å². The molecule has 0 aliphatic rings. The monoisotopic (exact) mass is 308 g/mol. The number of hydrogen-bond acceptors (Lipinski definition) is 2. The van der Waals surface area contributed by atoms with Gasteiger partial charge in [0.2, 0.25) is 0 Å². The number of aryl methyl sites for hydroxylation is 3. The van der Waals surface area contributed by atoms with Crippen LogP contribution in [0.3, 0.4) is 0 Å². The molecule has 0 saturated carbocycles. The molecular formula is C12H16ClF3N4. The zero-order chi connectivity index (χ0) is 15.1. The summed E-state index contributed by atoms with van der Waals surface area (Å²) in [6, 6.07) is 0. The van der Waals surface area contributed by atoms with Gasteiger partial charge in [-0.1, -0.05) is 0 Å². The van der Waals surface area contributed by atoms with Crippen molar-refractivity contribution in [2.75, 3.05) is 0 Å². The molecule has 0 fully saturated rings. The van der Waals surface area contributed by atoms with Gasteiger partial charge >= 0.3 is 6.18 Å². The Hall–Kier alpha value is -1.24. The van der Waals surface area contributed by atoms with E-state index in [1.54, 1.807) is 18.5 Å². The summed E-state index contributed by atoms with van der Waals surface area (Å²) < 4.78 is 40.6. The average molecular weight is 309 g/mol. The smallest absolute Gasteiger partial charge is 0.311 e. The highest BCUT2D eigenvalue weighted by atomic mass is 35.5. The molecule has 0 N–H and O–H groups in total. The van der Waals surface area contributed by atoms with Gasteiger partial charge in [0.15, 0.2) is 5.65 Å². The molecule has 2 aromatic rings. The Morgan fingerprint density at radius 2 is 2.00 bits per heavy atom. The summed E-state index contributed by atoms with van der Waals surface area (Å²) in [7, 11) is 0. The van der Waals surface area contributed by atoms with E-state index in [2.05, 4.69) is 10.1 Å². The van der Waals surface area contributed by atoms with Gasteiger partial charge < -0.3 is 4.57 Å². The van der Waals surface area contributed by atoms with Crippen molar-refractivity contribution in [3.8, 4) is 0 Å². The van der Waals surface area contributed by atoms with E-state index < -0.39 is 18.0 Å². The van der Waals surface area contributed by atoms with Gasteiger partial charge in [0.05, 0.1) is 17.5 Å². The summed E-state index contributed by atoms with van der Waals surface area (Å²) in [5.41, 5.74) is 1.93. The van der Waals surface area contributed by atoms with Crippen LogP contribution in [0.25, 0.3) is 11.2 Å². The van der Waals surface area contributed by atoms with Gasteiger partial charge in [-0.05, 0) is 20.8 Å². The van der Waals surface area contributed by atoms with Crippen LogP contribution < -0.4 is 0 Å². The minimum atomic E-state index is -4.21. The van der Waals surface area contributed by atoms with Crippen LogP contribution in [-0.4, -0.2) is 25.5 Å². The van der Waals surface area contributed by atoms with Crippen molar-refractivity contribution in [1.82, 2.24) is 19.3 Å². The second kappa shape index (κ2) is 5.27. The van der Waals surface area contributed by atoms with Crippen molar-refractivity contribution in [2.24, 2.45) is 0 Å². The van der Waals surface area contributed by atoms with Crippen LogP contribution in [0.1, 0.15) is 37.2 Å². The first-order chi connectivity index (χ1) is 9.24. The molecule has 0 bridgehead atoms. The third-order valence-corrected chi connectivity index (χ3v) is 3.30. The Kier molecular flexibility index (Phi) is 4.00. The summed E-state index contributed by atoms with van der Waals surface area (Å²) >= 11 is 6.04. The van der Waals surface area contributed by atoms with Crippen LogP contribution in [0, 0.1) is 6.92 Å². The molecule has 0 aliphatic heterocycles. The molecule has 20 heavy (non-hydrogen) atoms. The number of aromatic nitrogens is 4. The van der Waals surface area contributed by atoms with E-state index in [4.69, 9.17) is 11.6 Å². The molecule has 0 saturated heterocycles. The van der Waals surface area contributed by atoms with Crippen molar-refractivity contribution in [3.05, 3.63) is 11.5 Å². The molecule has 2 heterocycles. The van der Waals surface area contributed by atoms with Crippen LogP contribution >= 0.6 is 11.6 Å². The molecule has 0 aliphatic carbocycles. The lowest BCUT2D eigenvalue weighted by Crippen LogP contribution is -2.16. The van der Waals surface area contributed by atoms with Crippen LogP contribution in [0.2, 0.25) is 0 Å². The summed E-state index contributed by atoms with van der Waals surface area (Å²) in [5, 5.41) is 3.82. The molecule has 2 aromatic heterocycles. The molecular weight excluding hydrogens is 293 g/mol. The Bertz CT molecular complexity index is 612. The first-order valence-electron chi connectivity index (χ1n) is 6.39. The fourth-order valence-corrected chi connectivity index (χ4v) is 2.39. The van der Waals surface area contributed by atoms with Gasteiger partial charge in [0.25, 0.3) is 0 Å².